The lowest BCUT2D eigenvalue weighted by molar-refractivity contribution is 0.613. The van der Waals surface area contributed by atoms with Gasteiger partial charge in [-0.2, -0.15) is 0 Å². The molecule has 0 amide bonds. The Morgan fingerprint density at radius 1 is 1.50 bits per heavy atom. The van der Waals surface area contributed by atoms with Crippen molar-refractivity contribution in [2.75, 3.05) is 0 Å². The predicted octanol–water partition coefficient (Wildman–Crippen LogP) is 3.50. The van der Waals surface area contributed by atoms with Crippen molar-refractivity contribution in [1.29, 1.82) is 0 Å². The van der Waals surface area contributed by atoms with Gasteiger partial charge in [0.25, 0.3) is 0 Å². The summed E-state index contributed by atoms with van der Waals surface area (Å²) in [7, 11) is 0. The third-order valence-electron chi connectivity index (χ3n) is 1.13. The van der Waals surface area contributed by atoms with Crippen LogP contribution in [0.2, 0.25) is 0 Å². The molecule has 3 heteroatoms. The van der Waals surface area contributed by atoms with Crippen molar-refractivity contribution in [2.45, 2.75) is 6.92 Å². The van der Waals surface area contributed by atoms with Gasteiger partial charge in [-0.05, 0) is 63.1 Å². The quantitative estimate of drug-likeness (QED) is 0.508. The zero-order valence-corrected chi connectivity index (χ0v) is 9.03. The van der Waals surface area contributed by atoms with Gasteiger partial charge in [0.05, 0.1) is 8.04 Å². The number of halogens is 3. The van der Waals surface area contributed by atoms with Crippen LogP contribution in [0.1, 0.15) is 5.56 Å². The monoisotopic (exact) mass is 314 g/mol. The lowest BCUT2D eigenvalue weighted by Crippen LogP contribution is -1.84. The Hall–Kier alpha value is 0.360. The summed E-state index contributed by atoms with van der Waals surface area (Å²) in [5.74, 6) is -0.175. The van der Waals surface area contributed by atoms with Gasteiger partial charge in [-0.3, -0.25) is 0 Å². The van der Waals surface area contributed by atoms with E-state index < -0.39 is 0 Å². The van der Waals surface area contributed by atoms with Crippen LogP contribution in [-0.2, 0) is 0 Å². The van der Waals surface area contributed by atoms with E-state index in [4.69, 9.17) is 0 Å². The molecule has 0 saturated heterocycles. The molecule has 0 saturated carbocycles. The molecule has 0 heterocycles. The molecule has 0 nitrogen and oxygen atoms in total. The van der Waals surface area contributed by atoms with Gasteiger partial charge in [0.1, 0.15) is 0 Å². The van der Waals surface area contributed by atoms with Crippen LogP contribution in [0.5, 0.6) is 0 Å². The Morgan fingerprint density at radius 2 is 2.10 bits per heavy atom. The standard InChI is InChI=1S/C7H5BrFI/c1-4-2-5(8)7(9)6(10)3-4/h2-3H,1H3. The first-order valence-corrected chi connectivity index (χ1v) is 4.59. The van der Waals surface area contributed by atoms with Crippen molar-refractivity contribution in [3.63, 3.8) is 0 Å². The topological polar surface area (TPSA) is 0 Å². The highest BCUT2D eigenvalue weighted by Crippen LogP contribution is 2.21. The maximum Gasteiger partial charge on any atom is 0.150 e. The number of hydrogen-bond donors (Lipinski definition) is 0. The molecule has 0 fully saturated rings. The fourth-order valence-corrected chi connectivity index (χ4v) is 2.41. The highest BCUT2D eigenvalue weighted by molar-refractivity contribution is 14.1. The zero-order valence-electron chi connectivity index (χ0n) is 5.29. The van der Waals surface area contributed by atoms with Crippen LogP contribution < -0.4 is 0 Å². The van der Waals surface area contributed by atoms with E-state index in [2.05, 4.69) is 15.9 Å². The average molecular weight is 315 g/mol. The van der Waals surface area contributed by atoms with Gasteiger partial charge in [0.15, 0.2) is 5.82 Å². The molecule has 0 N–H and O–H groups in total. The molecular weight excluding hydrogens is 310 g/mol. The van der Waals surface area contributed by atoms with E-state index in [1.807, 2.05) is 29.5 Å². The van der Waals surface area contributed by atoms with E-state index in [0.29, 0.717) is 8.04 Å². The maximum absolute atomic E-state index is 12.9. The highest BCUT2D eigenvalue weighted by Gasteiger charge is 2.03. The van der Waals surface area contributed by atoms with E-state index in [9.17, 15) is 4.39 Å². The molecule has 1 aromatic carbocycles. The molecule has 1 aromatic rings. The van der Waals surface area contributed by atoms with Crippen LogP contribution >= 0.6 is 38.5 Å². The molecule has 0 aromatic heterocycles. The second-order valence-electron chi connectivity index (χ2n) is 2.04. The summed E-state index contributed by atoms with van der Waals surface area (Å²) in [5.41, 5.74) is 1.07. The Balaban J connectivity index is 3.31. The number of rotatable bonds is 0. The third kappa shape index (κ3) is 1.69. The van der Waals surface area contributed by atoms with Gasteiger partial charge in [-0.1, -0.05) is 0 Å². The maximum atomic E-state index is 12.9. The second-order valence-corrected chi connectivity index (χ2v) is 4.06. The molecule has 0 atom stereocenters. The van der Waals surface area contributed by atoms with Gasteiger partial charge in [0.2, 0.25) is 0 Å². The van der Waals surface area contributed by atoms with Crippen LogP contribution in [0.3, 0.4) is 0 Å². The first-order chi connectivity index (χ1) is 4.61. The van der Waals surface area contributed by atoms with Gasteiger partial charge >= 0.3 is 0 Å². The van der Waals surface area contributed by atoms with Gasteiger partial charge in [0, 0.05) is 0 Å². The molecule has 0 aliphatic heterocycles. The third-order valence-corrected chi connectivity index (χ3v) is 2.49. The molecule has 1 rings (SSSR count). The van der Waals surface area contributed by atoms with Crippen LogP contribution in [0, 0.1) is 16.3 Å². The van der Waals surface area contributed by atoms with E-state index in [-0.39, 0.29) is 5.82 Å². The van der Waals surface area contributed by atoms with Gasteiger partial charge in [-0.25, -0.2) is 4.39 Å². The summed E-state index contributed by atoms with van der Waals surface area (Å²) < 4.78 is 14.1. The number of hydrogen-bond acceptors (Lipinski definition) is 0. The Bertz CT molecular complexity index is 237. The summed E-state index contributed by atoms with van der Waals surface area (Å²) in [6.07, 6.45) is 0. The van der Waals surface area contributed by atoms with E-state index in [1.165, 1.54) is 0 Å². The molecule has 0 aliphatic carbocycles. The lowest BCUT2D eigenvalue weighted by Gasteiger charge is -1.98. The van der Waals surface area contributed by atoms with Gasteiger partial charge < -0.3 is 0 Å². The molecule has 0 bridgehead atoms. The van der Waals surface area contributed by atoms with Crippen LogP contribution in [0.15, 0.2) is 16.6 Å². The van der Waals surface area contributed by atoms with Crippen LogP contribution in [-0.4, -0.2) is 0 Å². The first-order valence-electron chi connectivity index (χ1n) is 2.72. The van der Waals surface area contributed by atoms with Crippen molar-refractivity contribution in [2.24, 2.45) is 0 Å². The van der Waals surface area contributed by atoms with Crippen LogP contribution in [0.25, 0.3) is 0 Å². The summed E-state index contributed by atoms with van der Waals surface area (Å²) in [6.45, 7) is 1.94. The minimum atomic E-state index is -0.175. The largest absolute Gasteiger partial charge is 0.205 e. The molecule has 0 aliphatic rings. The van der Waals surface area contributed by atoms with Crippen molar-refractivity contribution in [1.82, 2.24) is 0 Å². The molecule has 10 heavy (non-hydrogen) atoms. The number of aryl methyl sites for hydroxylation is 1. The lowest BCUT2D eigenvalue weighted by atomic mass is 10.2. The second kappa shape index (κ2) is 3.17. The minimum Gasteiger partial charge on any atom is -0.205 e. The fourth-order valence-electron chi connectivity index (χ4n) is 0.682. The Morgan fingerprint density at radius 3 is 2.60 bits per heavy atom. The summed E-state index contributed by atoms with van der Waals surface area (Å²) in [4.78, 5) is 0. The van der Waals surface area contributed by atoms with Crippen molar-refractivity contribution < 1.29 is 4.39 Å². The van der Waals surface area contributed by atoms with E-state index >= 15 is 0 Å². The van der Waals surface area contributed by atoms with Crippen LogP contribution in [0.4, 0.5) is 4.39 Å². The van der Waals surface area contributed by atoms with Crippen molar-refractivity contribution in [3.05, 3.63) is 31.6 Å². The van der Waals surface area contributed by atoms with Gasteiger partial charge in [-0.15, -0.1) is 0 Å². The molecule has 54 valence electrons. The molecule has 0 radical (unpaired) electrons. The SMILES string of the molecule is Cc1cc(Br)c(F)c(I)c1. The fraction of sp³-hybridized carbons (Fsp3) is 0.143. The zero-order chi connectivity index (χ0) is 7.72. The number of benzene rings is 1. The highest BCUT2D eigenvalue weighted by atomic mass is 127. The normalized spacial score (nSPS) is 10.0. The minimum absolute atomic E-state index is 0.175. The smallest absolute Gasteiger partial charge is 0.150 e. The van der Waals surface area contributed by atoms with Crippen molar-refractivity contribution in [3.8, 4) is 0 Å². The molecule has 0 unspecified atom stereocenters. The first kappa shape index (κ1) is 8.46. The molecule has 0 spiro atoms. The Labute approximate surface area is 81.1 Å². The average Bonchev–Trinajstić information content (AvgIpc) is 1.82. The van der Waals surface area contributed by atoms with Crippen molar-refractivity contribution >= 4 is 38.5 Å². The predicted molar refractivity (Wildman–Crippen MR) is 51.6 cm³/mol. The molecular formula is C7H5BrFI. The van der Waals surface area contributed by atoms with E-state index in [1.54, 1.807) is 12.1 Å². The summed E-state index contributed by atoms with van der Waals surface area (Å²) in [5, 5.41) is 0. The summed E-state index contributed by atoms with van der Waals surface area (Å²) in [6, 6.07) is 3.57. The van der Waals surface area contributed by atoms with E-state index in [0.717, 1.165) is 5.56 Å². The summed E-state index contributed by atoms with van der Waals surface area (Å²) >= 11 is 5.09. The Kier molecular flexibility index (Phi) is 2.68.